The standard InChI is InChI=1S/C12H16N2O/c1-2-3-4-7-15-12-6-5-11(14)8-10(12)9-13/h5-6,8H,2-4,7,14H2,1H3. The topological polar surface area (TPSA) is 59.0 Å². The van der Waals surface area contributed by atoms with Gasteiger partial charge in [-0.25, -0.2) is 0 Å². The average molecular weight is 204 g/mol. The van der Waals surface area contributed by atoms with Crippen LogP contribution in [0.2, 0.25) is 0 Å². The highest BCUT2D eigenvalue weighted by atomic mass is 16.5. The Balaban J connectivity index is 2.57. The first-order valence-corrected chi connectivity index (χ1v) is 5.20. The van der Waals surface area contributed by atoms with Crippen molar-refractivity contribution in [2.75, 3.05) is 12.3 Å². The summed E-state index contributed by atoms with van der Waals surface area (Å²) >= 11 is 0. The average Bonchev–Trinajstić information content (AvgIpc) is 2.26. The zero-order valence-electron chi connectivity index (χ0n) is 8.99. The molecule has 0 aromatic heterocycles. The summed E-state index contributed by atoms with van der Waals surface area (Å²) < 4.78 is 5.51. The van der Waals surface area contributed by atoms with Crippen molar-refractivity contribution in [3.05, 3.63) is 23.8 Å². The maximum atomic E-state index is 8.86. The maximum absolute atomic E-state index is 8.86. The Bertz CT molecular complexity index is 355. The second-order valence-electron chi connectivity index (χ2n) is 3.42. The van der Waals surface area contributed by atoms with Gasteiger partial charge in [0.25, 0.3) is 0 Å². The number of nitrogens with zero attached hydrogens (tertiary/aromatic N) is 1. The van der Waals surface area contributed by atoms with Crippen molar-refractivity contribution >= 4 is 5.69 Å². The van der Waals surface area contributed by atoms with E-state index in [2.05, 4.69) is 13.0 Å². The van der Waals surface area contributed by atoms with Gasteiger partial charge in [0.2, 0.25) is 0 Å². The van der Waals surface area contributed by atoms with Gasteiger partial charge in [-0.1, -0.05) is 19.8 Å². The van der Waals surface area contributed by atoms with Gasteiger partial charge < -0.3 is 10.5 Å². The minimum atomic E-state index is 0.506. The summed E-state index contributed by atoms with van der Waals surface area (Å²) in [4.78, 5) is 0. The molecule has 2 N–H and O–H groups in total. The molecule has 80 valence electrons. The van der Waals surface area contributed by atoms with Crippen LogP contribution in [0, 0.1) is 11.3 Å². The predicted molar refractivity (Wildman–Crippen MR) is 60.6 cm³/mol. The Kier molecular flexibility index (Phi) is 4.49. The van der Waals surface area contributed by atoms with Gasteiger partial charge in [0, 0.05) is 5.69 Å². The number of rotatable bonds is 5. The van der Waals surface area contributed by atoms with E-state index in [4.69, 9.17) is 15.7 Å². The Hall–Kier alpha value is -1.69. The number of nitriles is 1. The van der Waals surface area contributed by atoms with Crippen LogP contribution in [0.3, 0.4) is 0 Å². The number of nitrogens with two attached hydrogens (primary N) is 1. The first-order valence-electron chi connectivity index (χ1n) is 5.20. The number of anilines is 1. The van der Waals surface area contributed by atoms with Crippen LogP contribution in [0.15, 0.2) is 18.2 Å². The Morgan fingerprint density at radius 1 is 1.40 bits per heavy atom. The van der Waals surface area contributed by atoms with Gasteiger partial charge in [-0.3, -0.25) is 0 Å². The van der Waals surface area contributed by atoms with Crippen molar-refractivity contribution in [3.8, 4) is 11.8 Å². The lowest BCUT2D eigenvalue weighted by Gasteiger charge is -2.07. The molecule has 0 spiro atoms. The number of nitrogen functional groups attached to an aromatic ring is 1. The lowest BCUT2D eigenvalue weighted by Crippen LogP contribution is -1.99. The molecule has 0 unspecified atom stereocenters. The minimum absolute atomic E-state index is 0.506. The number of benzene rings is 1. The summed E-state index contributed by atoms with van der Waals surface area (Å²) in [6, 6.07) is 7.20. The molecule has 1 aromatic carbocycles. The van der Waals surface area contributed by atoms with E-state index >= 15 is 0 Å². The Morgan fingerprint density at radius 2 is 2.20 bits per heavy atom. The third-order valence-electron chi connectivity index (χ3n) is 2.13. The molecule has 0 aliphatic rings. The van der Waals surface area contributed by atoms with Crippen LogP contribution in [-0.2, 0) is 0 Å². The Morgan fingerprint density at radius 3 is 2.87 bits per heavy atom. The maximum Gasteiger partial charge on any atom is 0.137 e. The summed E-state index contributed by atoms with van der Waals surface area (Å²) in [5.74, 6) is 0.628. The quantitative estimate of drug-likeness (QED) is 0.592. The fourth-order valence-corrected chi connectivity index (χ4v) is 1.30. The van der Waals surface area contributed by atoms with Crippen molar-refractivity contribution in [1.82, 2.24) is 0 Å². The molecule has 15 heavy (non-hydrogen) atoms. The molecule has 0 fully saturated rings. The molecule has 0 aliphatic heterocycles. The van der Waals surface area contributed by atoms with E-state index in [0.29, 0.717) is 23.6 Å². The summed E-state index contributed by atoms with van der Waals surface area (Å²) in [6.45, 7) is 2.80. The van der Waals surface area contributed by atoms with E-state index in [1.54, 1.807) is 18.2 Å². The van der Waals surface area contributed by atoms with Gasteiger partial charge in [-0.15, -0.1) is 0 Å². The van der Waals surface area contributed by atoms with Gasteiger partial charge in [-0.05, 0) is 24.6 Å². The summed E-state index contributed by atoms with van der Waals surface area (Å²) in [5.41, 5.74) is 6.67. The molecule has 0 saturated heterocycles. The Labute approximate surface area is 90.5 Å². The third-order valence-corrected chi connectivity index (χ3v) is 2.13. The highest BCUT2D eigenvalue weighted by Gasteiger charge is 2.02. The van der Waals surface area contributed by atoms with Gasteiger partial charge >= 0.3 is 0 Å². The highest BCUT2D eigenvalue weighted by Crippen LogP contribution is 2.20. The summed E-state index contributed by atoms with van der Waals surface area (Å²) in [6.07, 6.45) is 3.33. The highest BCUT2D eigenvalue weighted by molar-refractivity contribution is 5.53. The van der Waals surface area contributed by atoms with Crippen molar-refractivity contribution in [2.45, 2.75) is 26.2 Å². The smallest absolute Gasteiger partial charge is 0.137 e. The molecule has 0 bridgehead atoms. The molecular formula is C12H16N2O. The van der Waals surface area contributed by atoms with Crippen LogP contribution in [0.4, 0.5) is 5.69 Å². The molecule has 3 heteroatoms. The first kappa shape index (κ1) is 11.4. The molecular weight excluding hydrogens is 188 g/mol. The van der Waals surface area contributed by atoms with Crippen LogP contribution in [0.1, 0.15) is 31.7 Å². The minimum Gasteiger partial charge on any atom is -0.492 e. The largest absolute Gasteiger partial charge is 0.492 e. The van der Waals surface area contributed by atoms with Gasteiger partial charge in [0.05, 0.1) is 12.2 Å². The fraction of sp³-hybridized carbons (Fsp3) is 0.417. The predicted octanol–water partition coefficient (Wildman–Crippen LogP) is 2.71. The third kappa shape index (κ3) is 3.51. The van der Waals surface area contributed by atoms with Crippen LogP contribution in [-0.4, -0.2) is 6.61 Å². The van der Waals surface area contributed by atoms with E-state index in [9.17, 15) is 0 Å². The van der Waals surface area contributed by atoms with E-state index in [1.165, 1.54) is 0 Å². The summed E-state index contributed by atoms with van der Waals surface area (Å²) in [5, 5.41) is 8.86. The second-order valence-corrected chi connectivity index (χ2v) is 3.42. The molecule has 0 aliphatic carbocycles. The summed E-state index contributed by atoms with van der Waals surface area (Å²) in [7, 11) is 0. The van der Waals surface area contributed by atoms with Crippen molar-refractivity contribution in [1.29, 1.82) is 5.26 Å². The molecule has 0 heterocycles. The van der Waals surface area contributed by atoms with E-state index in [1.807, 2.05) is 0 Å². The van der Waals surface area contributed by atoms with Crippen LogP contribution in [0.25, 0.3) is 0 Å². The van der Waals surface area contributed by atoms with Crippen LogP contribution in [0.5, 0.6) is 5.75 Å². The molecule has 3 nitrogen and oxygen atoms in total. The zero-order valence-corrected chi connectivity index (χ0v) is 8.99. The molecule has 1 rings (SSSR count). The SMILES string of the molecule is CCCCCOc1ccc(N)cc1C#N. The normalized spacial score (nSPS) is 9.60. The van der Waals surface area contributed by atoms with Gasteiger partial charge in [0.1, 0.15) is 11.8 Å². The zero-order chi connectivity index (χ0) is 11.1. The van der Waals surface area contributed by atoms with Gasteiger partial charge in [0.15, 0.2) is 0 Å². The van der Waals surface area contributed by atoms with Crippen molar-refractivity contribution < 1.29 is 4.74 Å². The molecule has 0 radical (unpaired) electrons. The molecule has 1 aromatic rings. The number of ether oxygens (including phenoxy) is 1. The van der Waals surface area contributed by atoms with E-state index in [-0.39, 0.29) is 0 Å². The fourth-order valence-electron chi connectivity index (χ4n) is 1.30. The van der Waals surface area contributed by atoms with Crippen molar-refractivity contribution in [2.24, 2.45) is 0 Å². The van der Waals surface area contributed by atoms with Crippen LogP contribution < -0.4 is 10.5 Å². The first-order chi connectivity index (χ1) is 7.27. The van der Waals surface area contributed by atoms with Gasteiger partial charge in [-0.2, -0.15) is 5.26 Å². The second kappa shape index (κ2) is 5.92. The lowest BCUT2D eigenvalue weighted by atomic mass is 10.2. The lowest BCUT2D eigenvalue weighted by molar-refractivity contribution is 0.305. The van der Waals surface area contributed by atoms with Crippen molar-refractivity contribution in [3.63, 3.8) is 0 Å². The number of hydrogen-bond donors (Lipinski definition) is 1. The van der Waals surface area contributed by atoms with Crippen LogP contribution >= 0.6 is 0 Å². The van der Waals surface area contributed by atoms with E-state index in [0.717, 1.165) is 19.3 Å². The number of hydrogen-bond acceptors (Lipinski definition) is 3. The molecule has 0 saturated carbocycles. The monoisotopic (exact) mass is 204 g/mol. The van der Waals surface area contributed by atoms with E-state index < -0.39 is 0 Å². The number of unbranched alkanes of at least 4 members (excludes halogenated alkanes) is 2. The molecule has 0 amide bonds. The molecule has 0 atom stereocenters.